The summed E-state index contributed by atoms with van der Waals surface area (Å²) in [5, 5.41) is 9.51. The van der Waals surface area contributed by atoms with Gasteiger partial charge in [0.15, 0.2) is 5.65 Å². The minimum atomic E-state index is -0.361. The van der Waals surface area contributed by atoms with Crippen LogP contribution in [-0.4, -0.2) is 38.6 Å². The number of imidazole rings is 1. The molecule has 0 aliphatic heterocycles. The molecule has 3 N–H and O–H groups in total. The van der Waals surface area contributed by atoms with Crippen LogP contribution in [-0.2, 0) is 4.79 Å². The van der Waals surface area contributed by atoms with E-state index in [1.807, 2.05) is 35.8 Å². The number of rotatable bonds is 8. The maximum Gasteiger partial charge on any atom is 0.229 e. The average molecular weight is 504 g/mol. The molecule has 2 aromatic heterocycles. The van der Waals surface area contributed by atoms with Gasteiger partial charge in [0.05, 0.1) is 19.0 Å². The zero-order chi connectivity index (χ0) is 25.8. The van der Waals surface area contributed by atoms with Crippen LogP contribution in [0.4, 0.5) is 27.7 Å². The van der Waals surface area contributed by atoms with E-state index in [1.54, 1.807) is 31.5 Å². The Morgan fingerprint density at radius 3 is 2.51 bits per heavy atom. The first-order valence-corrected chi connectivity index (χ1v) is 12.5. The highest BCUT2D eigenvalue weighted by atomic mass is 19.1. The second-order valence-corrected chi connectivity index (χ2v) is 9.09. The molecule has 1 saturated carbocycles. The zero-order valence-electron chi connectivity index (χ0n) is 20.9. The molecule has 4 aromatic rings. The maximum atomic E-state index is 14.5. The minimum Gasteiger partial charge on any atom is -0.497 e. The van der Waals surface area contributed by atoms with Crippen molar-refractivity contribution in [1.29, 1.82) is 0 Å². The molecule has 0 saturated heterocycles. The maximum absolute atomic E-state index is 14.5. The molecular weight excluding hydrogens is 473 g/mol. The van der Waals surface area contributed by atoms with Crippen LogP contribution < -0.4 is 20.7 Å². The second kappa shape index (κ2) is 10.8. The van der Waals surface area contributed by atoms with E-state index < -0.39 is 0 Å². The number of amides is 1. The van der Waals surface area contributed by atoms with Gasteiger partial charge in [-0.15, -0.1) is 0 Å². The number of aromatic nitrogens is 4. The number of hydrogen-bond donors (Lipinski definition) is 3. The molecule has 2 heterocycles. The number of halogens is 1. The van der Waals surface area contributed by atoms with Gasteiger partial charge in [-0.05, 0) is 62.1 Å². The van der Waals surface area contributed by atoms with Crippen molar-refractivity contribution in [2.24, 2.45) is 0 Å². The summed E-state index contributed by atoms with van der Waals surface area (Å²) in [7, 11) is 1.62. The first kappa shape index (κ1) is 24.5. The number of carbonyl (C=O) groups is 1. The number of fused-ring (bicyclic) bond motifs is 1. The fourth-order valence-corrected chi connectivity index (χ4v) is 4.68. The van der Waals surface area contributed by atoms with Crippen LogP contribution in [0.1, 0.15) is 45.1 Å². The summed E-state index contributed by atoms with van der Waals surface area (Å²) >= 11 is 0. The molecule has 1 amide bonds. The summed E-state index contributed by atoms with van der Waals surface area (Å²) < 4.78 is 21.8. The van der Waals surface area contributed by atoms with E-state index in [0.29, 0.717) is 35.2 Å². The third kappa shape index (κ3) is 5.47. The van der Waals surface area contributed by atoms with Crippen molar-refractivity contribution in [3.63, 3.8) is 0 Å². The van der Waals surface area contributed by atoms with Crippen molar-refractivity contribution in [2.45, 2.75) is 51.1 Å². The molecule has 5 rings (SSSR count). The molecule has 0 bridgehead atoms. The van der Waals surface area contributed by atoms with Gasteiger partial charge in [0, 0.05) is 24.2 Å². The number of anilines is 4. The van der Waals surface area contributed by atoms with Crippen LogP contribution in [0.5, 0.6) is 5.75 Å². The predicted octanol–water partition coefficient (Wildman–Crippen LogP) is 5.47. The number of carbonyl (C=O) groups excluding carboxylic acids is 1. The Bertz CT molecular complexity index is 1380. The zero-order valence-corrected chi connectivity index (χ0v) is 20.9. The van der Waals surface area contributed by atoms with Crippen LogP contribution >= 0.6 is 0 Å². The molecular formula is C27H30FN7O2. The quantitative estimate of drug-likeness (QED) is 0.293. The Morgan fingerprint density at radius 2 is 1.81 bits per heavy atom. The normalized spacial score (nSPS) is 17.4. The van der Waals surface area contributed by atoms with Crippen molar-refractivity contribution in [1.82, 2.24) is 24.8 Å². The lowest BCUT2D eigenvalue weighted by molar-refractivity contribution is -0.121. The van der Waals surface area contributed by atoms with Crippen LogP contribution in [0.15, 0.2) is 54.7 Å². The van der Waals surface area contributed by atoms with E-state index >= 15 is 0 Å². The smallest absolute Gasteiger partial charge is 0.229 e. The Kier molecular flexibility index (Phi) is 7.16. The average Bonchev–Trinajstić information content (AvgIpc) is 3.28. The second-order valence-electron chi connectivity index (χ2n) is 9.09. The highest BCUT2D eigenvalue weighted by Gasteiger charge is 2.27. The molecule has 1 aliphatic carbocycles. The van der Waals surface area contributed by atoms with Gasteiger partial charge < -0.3 is 20.7 Å². The molecule has 1 fully saturated rings. The van der Waals surface area contributed by atoms with Crippen LogP contribution in [0.3, 0.4) is 0 Å². The van der Waals surface area contributed by atoms with Gasteiger partial charge >= 0.3 is 0 Å². The van der Waals surface area contributed by atoms with E-state index in [9.17, 15) is 9.18 Å². The summed E-state index contributed by atoms with van der Waals surface area (Å²) in [6, 6.07) is 14.2. The third-order valence-corrected chi connectivity index (χ3v) is 6.65. The molecule has 2 aromatic carbocycles. The summed E-state index contributed by atoms with van der Waals surface area (Å²) in [5.74, 6) is 1.41. The fourth-order valence-electron chi connectivity index (χ4n) is 4.68. The van der Waals surface area contributed by atoms with E-state index in [2.05, 4.69) is 20.9 Å². The lowest BCUT2D eigenvalue weighted by Crippen LogP contribution is -2.37. The van der Waals surface area contributed by atoms with Crippen molar-refractivity contribution in [2.75, 3.05) is 17.7 Å². The first-order chi connectivity index (χ1) is 18.0. The molecule has 9 nitrogen and oxygen atoms in total. The number of methoxy groups -OCH3 is 1. The Hall–Kier alpha value is -4.21. The van der Waals surface area contributed by atoms with Gasteiger partial charge in [-0.3, -0.25) is 9.36 Å². The lowest BCUT2D eigenvalue weighted by Gasteiger charge is -2.31. The highest BCUT2D eigenvalue weighted by Crippen LogP contribution is 2.35. The summed E-state index contributed by atoms with van der Waals surface area (Å²) in [6.07, 6.45) is 5.50. The number of benzene rings is 2. The first-order valence-electron chi connectivity index (χ1n) is 12.5. The molecule has 1 aliphatic rings. The summed E-state index contributed by atoms with van der Waals surface area (Å²) in [6.45, 7) is 1.86. The van der Waals surface area contributed by atoms with Gasteiger partial charge in [0.1, 0.15) is 17.1 Å². The van der Waals surface area contributed by atoms with Crippen molar-refractivity contribution < 1.29 is 13.9 Å². The monoisotopic (exact) mass is 503 g/mol. The Labute approximate surface area is 214 Å². The standard InChI is InChI=1S/C27H30FN7O2/c1-3-24(36)30-17-8-12-19(13-9-17)35-25-23(33-27(35)32-22-7-5-4-6-21(22)28)16-29-26(34-25)31-18-10-14-20(37-2)15-11-18/h4-7,10-11,14-17,19H,3,8-9,12-13H2,1-2H3,(H,30,36)(H,32,33)(H,29,31,34)/t17-,19-. The number of ether oxygens (including phenoxy) is 1. The van der Waals surface area contributed by atoms with E-state index in [4.69, 9.17) is 14.7 Å². The van der Waals surface area contributed by atoms with E-state index in [-0.39, 0.29) is 23.8 Å². The molecule has 10 heteroatoms. The number of para-hydroxylation sites is 1. The fraction of sp³-hybridized carbons (Fsp3) is 0.333. The lowest BCUT2D eigenvalue weighted by atomic mass is 9.91. The van der Waals surface area contributed by atoms with Gasteiger partial charge in [-0.2, -0.15) is 4.98 Å². The predicted molar refractivity (Wildman–Crippen MR) is 141 cm³/mol. The number of nitrogens with one attached hydrogen (secondary N) is 3. The largest absolute Gasteiger partial charge is 0.497 e. The van der Waals surface area contributed by atoms with Gasteiger partial charge in [0.2, 0.25) is 17.8 Å². The highest BCUT2D eigenvalue weighted by molar-refractivity contribution is 5.77. The Morgan fingerprint density at radius 1 is 1.05 bits per heavy atom. The minimum absolute atomic E-state index is 0.0698. The van der Waals surface area contributed by atoms with Crippen LogP contribution in [0, 0.1) is 5.82 Å². The van der Waals surface area contributed by atoms with Gasteiger partial charge in [-0.1, -0.05) is 19.1 Å². The van der Waals surface area contributed by atoms with Gasteiger partial charge in [-0.25, -0.2) is 14.4 Å². The third-order valence-electron chi connectivity index (χ3n) is 6.65. The topological polar surface area (TPSA) is 106 Å². The van der Waals surface area contributed by atoms with Crippen molar-refractivity contribution in [3.8, 4) is 5.75 Å². The van der Waals surface area contributed by atoms with Crippen LogP contribution in [0.25, 0.3) is 11.2 Å². The molecule has 0 atom stereocenters. The SMILES string of the molecule is CCC(=O)N[C@H]1CC[C@H](n2c(Nc3ccccc3F)nc3cnc(Nc4ccc(OC)cc4)nc32)CC1. The van der Waals surface area contributed by atoms with E-state index in [0.717, 1.165) is 37.1 Å². The van der Waals surface area contributed by atoms with Crippen molar-refractivity contribution in [3.05, 3.63) is 60.5 Å². The molecule has 0 radical (unpaired) electrons. The number of nitrogens with zero attached hydrogens (tertiary/aromatic N) is 4. The summed E-state index contributed by atoms with van der Waals surface area (Å²) in [5.41, 5.74) is 2.43. The molecule has 37 heavy (non-hydrogen) atoms. The Balaban J connectivity index is 1.47. The number of hydrogen-bond acceptors (Lipinski definition) is 7. The molecule has 0 unspecified atom stereocenters. The molecule has 0 spiro atoms. The summed E-state index contributed by atoms with van der Waals surface area (Å²) in [4.78, 5) is 25.8. The van der Waals surface area contributed by atoms with Crippen molar-refractivity contribution >= 4 is 40.3 Å². The van der Waals surface area contributed by atoms with E-state index in [1.165, 1.54) is 6.07 Å². The van der Waals surface area contributed by atoms with Crippen LogP contribution in [0.2, 0.25) is 0 Å². The van der Waals surface area contributed by atoms with Gasteiger partial charge in [0.25, 0.3) is 0 Å². The molecule has 192 valence electrons.